The van der Waals surface area contributed by atoms with E-state index in [0.717, 1.165) is 0 Å². The monoisotopic (exact) mass is 307 g/mol. The molecule has 0 spiro atoms. The predicted octanol–water partition coefficient (Wildman–Crippen LogP) is 3.60. The lowest BCUT2D eigenvalue weighted by Crippen LogP contribution is -2.29. The van der Waals surface area contributed by atoms with Gasteiger partial charge in [0.1, 0.15) is 5.82 Å². The van der Waals surface area contributed by atoms with Crippen LogP contribution in [0.25, 0.3) is 0 Å². The fraction of sp³-hybridized carbons (Fsp3) is 0.188. The number of hydrogen-bond acceptors (Lipinski definition) is 2. The molecule has 0 saturated heterocycles. The number of amides is 1. The molecule has 0 radical (unpaired) electrons. The Hall–Kier alpha value is -1.91. The maximum atomic E-state index is 13.2. The molecule has 2 rings (SSSR count). The predicted molar refractivity (Wildman–Crippen MR) is 79.9 cm³/mol. The molecule has 2 aromatic carbocycles. The summed E-state index contributed by atoms with van der Waals surface area (Å²) in [5, 5.41) is 3.12. The molecule has 2 aromatic rings. The van der Waals surface area contributed by atoms with Crippen molar-refractivity contribution in [2.24, 2.45) is 0 Å². The minimum atomic E-state index is -0.424. The topological polar surface area (TPSA) is 38.3 Å². The smallest absolute Gasteiger partial charge is 0.252 e. The van der Waals surface area contributed by atoms with Crippen LogP contribution in [0.2, 0.25) is 5.02 Å². The number of benzene rings is 2. The Morgan fingerprint density at radius 1 is 1.29 bits per heavy atom. The van der Waals surface area contributed by atoms with Crippen molar-refractivity contribution in [3.8, 4) is 0 Å². The van der Waals surface area contributed by atoms with Crippen molar-refractivity contribution in [2.45, 2.75) is 6.10 Å². The third kappa shape index (κ3) is 4.03. The summed E-state index contributed by atoms with van der Waals surface area (Å²) in [6, 6.07) is 12.9. The standard InChI is InChI=1S/C16H15ClFNO2/c1-21-15(11-5-4-6-12(18)9-11)10-19-16(20)13-7-2-3-8-14(13)17/h2-9,15H,10H2,1H3,(H,19,20)/t15-/m1/s1. The van der Waals surface area contributed by atoms with Crippen molar-refractivity contribution in [3.63, 3.8) is 0 Å². The van der Waals surface area contributed by atoms with E-state index >= 15 is 0 Å². The van der Waals surface area contributed by atoms with Crippen LogP contribution in [0.3, 0.4) is 0 Å². The molecule has 0 bridgehead atoms. The summed E-state index contributed by atoms with van der Waals surface area (Å²) in [5.41, 5.74) is 1.06. The molecule has 1 atom stereocenters. The third-order valence-electron chi connectivity index (χ3n) is 3.07. The van der Waals surface area contributed by atoms with Crippen LogP contribution in [0.5, 0.6) is 0 Å². The van der Waals surface area contributed by atoms with Crippen LogP contribution in [0.15, 0.2) is 48.5 Å². The maximum absolute atomic E-state index is 13.2. The summed E-state index contributed by atoms with van der Waals surface area (Å²) >= 11 is 5.96. The van der Waals surface area contributed by atoms with Gasteiger partial charge in [-0.05, 0) is 29.8 Å². The molecular formula is C16H15ClFNO2. The van der Waals surface area contributed by atoms with E-state index in [-0.39, 0.29) is 18.3 Å². The van der Waals surface area contributed by atoms with Gasteiger partial charge in [0.05, 0.1) is 16.7 Å². The molecular weight excluding hydrogens is 293 g/mol. The SMILES string of the molecule is CO[C@H](CNC(=O)c1ccccc1Cl)c1cccc(F)c1. The van der Waals surface area contributed by atoms with Crippen LogP contribution in [-0.4, -0.2) is 19.6 Å². The summed E-state index contributed by atoms with van der Waals surface area (Å²) in [6.07, 6.45) is -0.424. The quantitative estimate of drug-likeness (QED) is 0.916. The lowest BCUT2D eigenvalue weighted by molar-refractivity contribution is 0.0827. The third-order valence-corrected chi connectivity index (χ3v) is 3.40. The van der Waals surface area contributed by atoms with Gasteiger partial charge in [-0.1, -0.05) is 35.9 Å². The van der Waals surface area contributed by atoms with Gasteiger partial charge in [-0.15, -0.1) is 0 Å². The van der Waals surface area contributed by atoms with Gasteiger partial charge >= 0.3 is 0 Å². The number of rotatable bonds is 5. The van der Waals surface area contributed by atoms with Gasteiger partial charge in [0.2, 0.25) is 0 Å². The van der Waals surface area contributed by atoms with Crippen molar-refractivity contribution < 1.29 is 13.9 Å². The van der Waals surface area contributed by atoms with Gasteiger partial charge in [-0.2, -0.15) is 0 Å². The lowest BCUT2D eigenvalue weighted by atomic mass is 10.1. The highest BCUT2D eigenvalue weighted by Crippen LogP contribution is 2.18. The molecule has 0 fully saturated rings. The van der Waals surface area contributed by atoms with Gasteiger partial charge < -0.3 is 10.1 Å². The summed E-state index contributed by atoms with van der Waals surface area (Å²) in [6.45, 7) is 0.226. The van der Waals surface area contributed by atoms with Gasteiger partial charge in [-0.3, -0.25) is 4.79 Å². The van der Waals surface area contributed by atoms with E-state index in [1.54, 1.807) is 36.4 Å². The molecule has 0 aliphatic carbocycles. The highest BCUT2D eigenvalue weighted by atomic mass is 35.5. The van der Waals surface area contributed by atoms with Crippen molar-refractivity contribution in [1.29, 1.82) is 0 Å². The Bertz CT molecular complexity index is 633. The zero-order valence-electron chi connectivity index (χ0n) is 11.5. The second-order valence-electron chi connectivity index (χ2n) is 4.47. The van der Waals surface area contributed by atoms with E-state index in [1.807, 2.05) is 0 Å². The number of hydrogen-bond donors (Lipinski definition) is 1. The van der Waals surface area contributed by atoms with Gasteiger partial charge in [0, 0.05) is 13.7 Å². The fourth-order valence-corrected chi connectivity index (χ4v) is 2.19. The number of carbonyl (C=O) groups excluding carboxylic acids is 1. The molecule has 5 heteroatoms. The molecule has 0 aliphatic rings. The summed E-state index contributed by atoms with van der Waals surface area (Å²) < 4.78 is 18.5. The molecule has 0 aromatic heterocycles. The molecule has 1 amide bonds. The average molecular weight is 308 g/mol. The first-order valence-corrected chi connectivity index (χ1v) is 6.80. The van der Waals surface area contributed by atoms with Crippen molar-refractivity contribution in [1.82, 2.24) is 5.32 Å². The van der Waals surface area contributed by atoms with E-state index < -0.39 is 6.10 Å². The average Bonchev–Trinajstić information content (AvgIpc) is 2.48. The summed E-state index contributed by atoms with van der Waals surface area (Å²) in [5.74, 6) is -0.633. The Morgan fingerprint density at radius 3 is 2.71 bits per heavy atom. The fourth-order valence-electron chi connectivity index (χ4n) is 1.97. The van der Waals surface area contributed by atoms with Crippen LogP contribution in [0, 0.1) is 5.82 Å². The minimum absolute atomic E-state index is 0.226. The molecule has 110 valence electrons. The number of halogens is 2. The molecule has 0 saturated carbocycles. The van der Waals surface area contributed by atoms with Crippen molar-refractivity contribution in [3.05, 3.63) is 70.5 Å². The first kappa shape index (κ1) is 15.5. The minimum Gasteiger partial charge on any atom is -0.375 e. The van der Waals surface area contributed by atoms with Crippen LogP contribution < -0.4 is 5.32 Å². The Labute approximate surface area is 127 Å². The molecule has 3 nitrogen and oxygen atoms in total. The number of nitrogens with one attached hydrogen (secondary N) is 1. The normalized spacial score (nSPS) is 12.0. The van der Waals surface area contributed by atoms with E-state index in [9.17, 15) is 9.18 Å². The van der Waals surface area contributed by atoms with E-state index in [1.165, 1.54) is 19.2 Å². The maximum Gasteiger partial charge on any atom is 0.252 e. The van der Waals surface area contributed by atoms with Crippen molar-refractivity contribution >= 4 is 17.5 Å². The molecule has 1 N–H and O–H groups in total. The van der Waals surface area contributed by atoms with E-state index in [0.29, 0.717) is 16.1 Å². The van der Waals surface area contributed by atoms with Crippen LogP contribution in [0.1, 0.15) is 22.0 Å². The number of ether oxygens (including phenoxy) is 1. The highest BCUT2D eigenvalue weighted by molar-refractivity contribution is 6.33. The second kappa shape index (κ2) is 7.20. The van der Waals surface area contributed by atoms with E-state index in [4.69, 9.17) is 16.3 Å². The molecule has 21 heavy (non-hydrogen) atoms. The van der Waals surface area contributed by atoms with E-state index in [2.05, 4.69) is 5.32 Å². The molecule has 0 unspecified atom stereocenters. The van der Waals surface area contributed by atoms with Crippen molar-refractivity contribution in [2.75, 3.05) is 13.7 Å². The lowest BCUT2D eigenvalue weighted by Gasteiger charge is -2.17. The summed E-state index contributed by atoms with van der Waals surface area (Å²) in [4.78, 5) is 12.1. The van der Waals surface area contributed by atoms with Gasteiger partial charge in [0.25, 0.3) is 5.91 Å². The summed E-state index contributed by atoms with van der Waals surface area (Å²) in [7, 11) is 1.51. The zero-order chi connectivity index (χ0) is 15.2. The molecule has 0 aliphatic heterocycles. The van der Waals surface area contributed by atoms with Gasteiger partial charge in [-0.25, -0.2) is 4.39 Å². The van der Waals surface area contributed by atoms with Crippen LogP contribution in [0.4, 0.5) is 4.39 Å². The Morgan fingerprint density at radius 2 is 2.05 bits per heavy atom. The first-order valence-electron chi connectivity index (χ1n) is 6.43. The second-order valence-corrected chi connectivity index (χ2v) is 4.88. The largest absolute Gasteiger partial charge is 0.375 e. The highest BCUT2D eigenvalue weighted by Gasteiger charge is 2.15. The Balaban J connectivity index is 2.04. The molecule has 0 heterocycles. The van der Waals surface area contributed by atoms with Crippen LogP contribution >= 0.6 is 11.6 Å². The zero-order valence-corrected chi connectivity index (χ0v) is 12.2. The number of carbonyl (C=O) groups is 1. The number of methoxy groups -OCH3 is 1. The van der Waals surface area contributed by atoms with Crippen LogP contribution in [-0.2, 0) is 4.74 Å². The van der Waals surface area contributed by atoms with Gasteiger partial charge in [0.15, 0.2) is 0 Å². The Kier molecular flexibility index (Phi) is 5.31. The first-order chi connectivity index (χ1) is 10.1.